The topological polar surface area (TPSA) is 47.9 Å². The molecule has 0 bridgehead atoms. The van der Waals surface area contributed by atoms with Gasteiger partial charge >= 0.3 is 6.18 Å². The number of halogens is 3. The molecular formula is C15H16F3NO3. The molecule has 0 aliphatic heterocycles. The van der Waals surface area contributed by atoms with E-state index in [0.29, 0.717) is 18.4 Å². The van der Waals surface area contributed by atoms with Gasteiger partial charge in [-0.2, -0.15) is 18.2 Å². The van der Waals surface area contributed by atoms with Crippen LogP contribution in [0.4, 0.5) is 13.2 Å². The number of hydrogen-bond acceptors (Lipinski definition) is 4. The first-order valence-electron chi connectivity index (χ1n) is 6.80. The Labute approximate surface area is 125 Å². The first-order valence-corrected chi connectivity index (χ1v) is 6.80. The van der Waals surface area contributed by atoms with Gasteiger partial charge in [0.15, 0.2) is 11.5 Å². The molecule has 1 saturated carbocycles. The highest BCUT2D eigenvalue weighted by atomic mass is 19.4. The highest BCUT2D eigenvalue weighted by molar-refractivity contribution is 5.53. The van der Waals surface area contributed by atoms with Gasteiger partial charge in [0.05, 0.1) is 19.8 Å². The van der Waals surface area contributed by atoms with Gasteiger partial charge in [0.1, 0.15) is 5.56 Å². The van der Waals surface area contributed by atoms with Crippen molar-refractivity contribution in [3.63, 3.8) is 0 Å². The first-order chi connectivity index (χ1) is 10.4. The molecule has 0 aromatic heterocycles. The lowest BCUT2D eigenvalue weighted by Crippen LogP contribution is -2.21. The second-order valence-corrected chi connectivity index (χ2v) is 5.20. The second kappa shape index (κ2) is 6.01. The van der Waals surface area contributed by atoms with Crippen molar-refractivity contribution in [1.29, 1.82) is 0 Å². The van der Waals surface area contributed by atoms with E-state index in [0.717, 1.165) is 26.0 Å². The van der Waals surface area contributed by atoms with Gasteiger partial charge < -0.3 is 9.47 Å². The van der Waals surface area contributed by atoms with Crippen molar-refractivity contribution >= 4 is 6.08 Å². The normalized spacial score (nSPS) is 17.0. The fourth-order valence-corrected chi connectivity index (χ4v) is 2.96. The Morgan fingerprint density at radius 1 is 1.18 bits per heavy atom. The molecule has 0 unspecified atom stereocenters. The van der Waals surface area contributed by atoms with Crippen molar-refractivity contribution in [3.8, 4) is 11.5 Å². The fraction of sp³-hybridized carbons (Fsp3) is 0.533. The van der Waals surface area contributed by atoms with Gasteiger partial charge in [-0.05, 0) is 30.5 Å². The van der Waals surface area contributed by atoms with Crippen LogP contribution in [0, 0.1) is 0 Å². The van der Waals surface area contributed by atoms with Crippen LogP contribution in [0.2, 0.25) is 0 Å². The average Bonchev–Trinajstić information content (AvgIpc) is 2.95. The van der Waals surface area contributed by atoms with E-state index in [-0.39, 0.29) is 11.5 Å². The van der Waals surface area contributed by atoms with Gasteiger partial charge in [-0.25, -0.2) is 4.79 Å². The third-order valence-corrected chi connectivity index (χ3v) is 4.01. The molecule has 0 radical (unpaired) electrons. The van der Waals surface area contributed by atoms with Gasteiger partial charge in [-0.1, -0.05) is 12.8 Å². The zero-order valence-electron chi connectivity index (χ0n) is 12.3. The smallest absolute Gasteiger partial charge is 0.420 e. The Morgan fingerprint density at radius 2 is 1.82 bits per heavy atom. The minimum absolute atomic E-state index is 0.0281. The van der Waals surface area contributed by atoms with E-state index in [9.17, 15) is 18.0 Å². The lowest BCUT2D eigenvalue weighted by atomic mass is 9.87. The summed E-state index contributed by atoms with van der Waals surface area (Å²) in [5.74, 6) is -0.401. The molecule has 0 heterocycles. The maximum absolute atomic E-state index is 13.3. The Morgan fingerprint density at radius 3 is 2.27 bits per heavy atom. The summed E-state index contributed by atoms with van der Waals surface area (Å²) in [6.45, 7) is 0. The Hall–Kier alpha value is -2.01. The largest absolute Gasteiger partial charge is 0.493 e. The number of ether oxygens (including phenoxy) is 2. The molecule has 2 rings (SSSR count). The van der Waals surface area contributed by atoms with Crippen molar-refractivity contribution in [1.82, 2.24) is 0 Å². The fourth-order valence-electron chi connectivity index (χ4n) is 2.96. The lowest BCUT2D eigenvalue weighted by molar-refractivity contribution is -0.139. The molecule has 0 atom stereocenters. The minimum atomic E-state index is -4.60. The van der Waals surface area contributed by atoms with E-state index in [4.69, 9.17) is 9.47 Å². The SMILES string of the molecule is COc1cc(C2(N=C=O)CCCC2)cc(C(F)(F)F)c1OC. The van der Waals surface area contributed by atoms with Crippen molar-refractivity contribution < 1.29 is 27.4 Å². The number of carbonyl (C=O) groups excluding carboxylic acids is 1. The van der Waals surface area contributed by atoms with Crippen LogP contribution in [0.1, 0.15) is 36.8 Å². The van der Waals surface area contributed by atoms with E-state index < -0.39 is 17.3 Å². The highest BCUT2D eigenvalue weighted by Crippen LogP contribution is 2.48. The monoisotopic (exact) mass is 315 g/mol. The van der Waals surface area contributed by atoms with Gasteiger partial charge in [0, 0.05) is 0 Å². The van der Waals surface area contributed by atoms with Crippen LogP contribution in [0.5, 0.6) is 11.5 Å². The molecule has 120 valence electrons. The minimum Gasteiger partial charge on any atom is -0.493 e. The van der Waals surface area contributed by atoms with E-state index in [1.165, 1.54) is 19.3 Å². The molecule has 1 aliphatic carbocycles. The molecule has 0 spiro atoms. The van der Waals surface area contributed by atoms with E-state index >= 15 is 0 Å². The second-order valence-electron chi connectivity index (χ2n) is 5.20. The van der Waals surface area contributed by atoms with Gasteiger partial charge in [0.2, 0.25) is 6.08 Å². The molecule has 1 fully saturated rings. The summed E-state index contributed by atoms with van der Waals surface area (Å²) in [7, 11) is 2.42. The van der Waals surface area contributed by atoms with Crippen molar-refractivity contribution in [2.75, 3.05) is 14.2 Å². The van der Waals surface area contributed by atoms with Crippen LogP contribution in [-0.4, -0.2) is 20.3 Å². The molecular weight excluding hydrogens is 299 g/mol. The summed E-state index contributed by atoms with van der Waals surface area (Å²) in [6, 6.07) is 2.45. The number of benzene rings is 1. The Balaban J connectivity index is 2.69. The summed E-state index contributed by atoms with van der Waals surface area (Å²) in [5.41, 5.74) is -1.59. The van der Waals surface area contributed by atoms with Crippen molar-refractivity contribution in [2.45, 2.75) is 37.4 Å². The zero-order chi connectivity index (χ0) is 16.4. The zero-order valence-corrected chi connectivity index (χ0v) is 12.3. The quantitative estimate of drug-likeness (QED) is 0.627. The van der Waals surface area contributed by atoms with Crippen LogP contribution in [0.15, 0.2) is 17.1 Å². The first kappa shape index (κ1) is 16.4. The molecule has 1 aromatic rings. The number of methoxy groups -OCH3 is 2. The molecule has 4 nitrogen and oxygen atoms in total. The van der Waals surface area contributed by atoms with Crippen LogP contribution >= 0.6 is 0 Å². The van der Waals surface area contributed by atoms with Gasteiger partial charge in [-0.3, -0.25) is 0 Å². The number of hydrogen-bond donors (Lipinski definition) is 0. The van der Waals surface area contributed by atoms with Crippen molar-refractivity contribution in [2.24, 2.45) is 4.99 Å². The van der Waals surface area contributed by atoms with Crippen LogP contribution in [0.25, 0.3) is 0 Å². The van der Waals surface area contributed by atoms with Crippen LogP contribution in [-0.2, 0) is 16.5 Å². The summed E-state index contributed by atoms with van der Waals surface area (Å²) >= 11 is 0. The predicted octanol–water partition coefficient (Wildman–Crippen LogP) is 3.83. The van der Waals surface area contributed by atoms with Crippen LogP contribution in [0.3, 0.4) is 0 Å². The Bertz CT molecular complexity index is 601. The molecule has 7 heteroatoms. The van der Waals surface area contributed by atoms with Gasteiger partial charge in [0.25, 0.3) is 0 Å². The molecule has 0 saturated heterocycles. The van der Waals surface area contributed by atoms with Crippen molar-refractivity contribution in [3.05, 3.63) is 23.3 Å². The van der Waals surface area contributed by atoms with Crippen LogP contribution < -0.4 is 9.47 Å². The summed E-state index contributed by atoms with van der Waals surface area (Å²) in [6.07, 6.45) is -0.500. The number of rotatable bonds is 4. The molecule has 0 N–H and O–H groups in total. The number of alkyl halides is 3. The summed E-state index contributed by atoms with van der Waals surface area (Å²) < 4.78 is 49.7. The summed E-state index contributed by atoms with van der Waals surface area (Å²) in [4.78, 5) is 14.5. The Kier molecular flexibility index (Phi) is 4.47. The number of aliphatic imine (C=N–C) groups is 1. The highest BCUT2D eigenvalue weighted by Gasteiger charge is 2.41. The average molecular weight is 315 g/mol. The molecule has 0 amide bonds. The molecule has 22 heavy (non-hydrogen) atoms. The molecule has 1 aromatic carbocycles. The standard InChI is InChI=1S/C15H16F3NO3/c1-21-12-8-10(14(19-9-20)5-3-4-6-14)7-11(13(12)22-2)15(16,17)18/h7-8H,3-6H2,1-2H3. The van der Waals surface area contributed by atoms with E-state index in [2.05, 4.69) is 4.99 Å². The molecule has 1 aliphatic rings. The van der Waals surface area contributed by atoms with E-state index in [1.54, 1.807) is 0 Å². The number of nitrogens with zero attached hydrogens (tertiary/aromatic N) is 1. The third-order valence-electron chi connectivity index (χ3n) is 4.01. The third kappa shape index (κ3) is 2.81. The lowest BCUT2D eigenvalue weighted by Gasteiger charge is -2.26. The summed E-state index contributed by atoms with van der Waals surface area (Å²) in [5, 5.41) is 0. The predicted molar refractivity (Wildman–Crippen MR) is 72.8 cm³/mol. The number of isocyanates is 1. The maximum Gasteiger partial charge on any atom is 0.420 e. The maximum atomic E-state index is 13.3. The van der Waals surface area contributed by atoms with Gasteiger partial charge in [-0.15, -0.1) is 0 Å². The van der Waals surface area contributed by atoms with E-state index in [1.807, 2.05) is 0 Å².